The number of aromatic nitrogens is 3. The van der Waals surface area contributed by atoms with Gasteiger partial charge in [-0.15, -0.1) is 0 Å². The van der Waals surface area contributed by atoms with Crippen LogP contribution in [0, 0.1) is 0 Å². The van der Waals surface area contributed by atoms with Crippen LogP contribution in [-0.2, 0) is 0 Å². The second-order valence-corrected chi connectivity index (χ2v) is 4.96. The van der Waals surface area contributed by atoms with Crippen LogP contribution in [0.4, 0.5) is 5.82 Å². The van der Waals surface area contributed by atoms with Crippen LogP contribution in [0.3, 0.4) is 0 Å². The molecule has 0 radical (unpaired) electrons. The van der Waals surface area contributed by atoms with Crippen molar-refractivity contribution in [1.82, 2.24) is 9.97 Å². The fraction of sp³-hybridized carbons (Fsp3) is 0. The molecule has 100 valence electrons. The molecule has 21 heavy (non-hydrogen) atoms. The van der Waals surface area contributed by atoms with E-state index in [4.69, 9.17) is 5.73 Å². The zero-order valence-corrected chi connectivity index (χ0v) is 11.3. The number of rotatable bonds is 1. The van der Waals surface area contributed by atoms with E-state index in [1.165, 1.54) is 10.8 Å². The zero-order chi connectivity index (χ0) is 14.2. The van der Waals surface area contributed by atoms with Gasteiger partial charge in [-0.1, -0.05) is 18.2 Å². The van der Waals surface area contributed by atoms with Crippen LogP contribution >= 0.6 is 0 Å². The van der Waals surface area contributed by atoms with Crippen LogP contribution in [0.1, 0.15) is 0 Å². The lowest BCUT2D eigenvalue weighted by molar-refractivity contribution is -0.594. The van der Waals surface area contributed by atoms with Gasteiger partial charge in [-0.05, 0) is 23.6 Å². The Kier molecular flexibility index (Phi) is 2.54. The highest BCUT2D eigenvalue weighted by Crippen LogP contribution is 2.15. The Morgan fingerprint density at radius 2 is 1.76 bits per heavy atom. The molecule has 3 heterocycles. The molecule has 0 amide bonds. The van der Waals surface area contributed by atoms with E-state index < -0.39 is 0 Å². The van der Waals surface area contributed by atoms with E-state index in [0.29, 0.717) is 11.5 Å². The minimum absolute atomic E-state index is 0.487. The SMILES string of the molecule is Nc1ccc2cc(-[n+]3ccc4ccccc4c3)cnc2n1. The number of nitrogens with two attached hydrogens (primary N) is 1. The minimum atomic E-state index is 0.487. The Balaban J connectivity index is 1.89. The van der Waals surface area contributed by atoms with E-state index in [1.54, 1.807) is 6.07 Å². The smallest absolute Gasteiger partial charge is 0.229 e. The van der Waals surface area contributed by atoms with Crippen LogP contribution in [-0.4, -0.2) is 9.97 Å². The number of benzene rings is 1. The second kappa shape index (κ2) is 4.52. The van der Waals surface area contributed by atoms with Gasteiger partial charge in [-0.25, -0.2) is 9.97 Å². The van der Waals surface area contributed by atoms with Gasteiger partial charge in [-0.3, -0.25) is 0 Å². The molecular formula is C17H13N4+. The maximum absolute atomic E-state index is 5.68. The molecule has 3 aromatic heterocycles. The molecule has 2 N–H and O–H groups in total. The summed E-state index contributed by atoms with van der Waals surface area (Å²) in [7, 11) is 0. The van der Waals surface area contributed by atoms with Gasteiger partial charge >= 0.3 is 0 Å². The number of pyridine rings is 3. The maximum Gasteiger partial charge on any atom is 0.229 e. The number of nitrogen functional groups attached to an aromatic ring is 1. The van der Waals surface area contributed by atoms with E-state index in [-0.39, 0.29) is 0 Å². The molecule has 0 aliphatic heterocycles. The lowest BCUT2D eigenvalue weighted by Crippen LogP contribution is -2.29. The maximum atomic E-state index is 5.68. The average molecular weight is 273 g/mol. The summed E-state index contributed by atoms with van der Waals surface area (Å²) in [5.41, 5.74) is 7.35. The van der Waals surface area contributed by atoms with E-state index in [1.807, 2.05) is 30.6 Å². The first kappa shape index (κ1) is 11.8. The third-order valence-corrected chi connectivity index (χ3v) is 3.54. The van der Waals surface area contributed by atoms with Gasteiger partial charge in [0.25, 0.3) is 0 Å². The normalized spacial score (nSPS) is 11.0. The summed E-state index contributed by atoms with van der Waals surface area (Å²) in [6, 6.07) is 16.2. The van der Waals surface area contributed by atoms with Crippen molar-refractivity contribution < 1.29 is 4.57 Å². The fourth-order valence-corrected chi connectivity index (χ4v) is 2.45. The first-order valence-corrected chi connectivity index (χ1v) is 6.72. The molecule has 0 atom stereocenters. The van der Waals surface area contributed by atoms with Crippen molar-refractivity contribution in [3.63, 3.8) is 0 Å². The van der Waals surface area contributed by atoms with Crippen LogP contribution in [0.5, 0.6) is 0 Å². The topological polar surface area (TPSA) is 55.7 Å². The van der Waals surface area contributed by atoms with Crippen LogP contribution in [0.15, 0.2) is 67.1 Å². The van der Waals surface area contributed by atoms with Gasteiger partial charge in [-0.2, -0.15) is 4.57 Å². The highest BCUT2D eigenvalue weighted by Gasteiger charge is 2.09. The molecule has 0 aliphatic carbocycles. The van der Waals surface area contributed by atoms with E-state index in [2.05, 4.69) is 45.0 Å². The third kappa shape index (κ3) is 2.07. The predicted molar refractivity (Wildman–Crippen MR) is 83.0 cm³/mol. The Hall–Kier alpha value is -3.01. The Labute approximate surface area is 121 Å². The number of nitrogens with zero attached hydrogens (tertiary/aromatic N) is 3. The van der Waals surface area contributed by atoms with E-state index >= 15 is 0 Å². The third-order valence-electron chi connectivity index (χ3n) is 3.54. The molecule has 0 unspecified atom stereocenters. The summed E-state index contributed by atoms with van der Waals surface area (Å²) < 4.78 is 2.06. The molecule has 4 aromatic rings. The monoisotopic (exact) mass is 273 g/mol. The molecule has 4 rings (SSSR count). The van der Waals surface area contributed by atoms with Crippen LogP contribution in [0.2, 0.25) is 0 Å². The predicted octanol–water partition coefficient (Wildman–Crippen LogP) is 2.64. The first-order chi connectivity index (χ1) is 10.3. The van der Waals surface area contributed by atoms with Gasteiger partial charge in [0.15, 0.2) is 18.0 Å². The molecule has 0 fully saturated rings. The Morgan fingerprint density at radius 3 is 2.67 bits per heavy atom. The summed E-state index contributed by atoms with van der Waals surface area (Å²) >= 11 is 0. The molecule has 1 aromatic carbocycles. The van der Waals surface area contributed by atoms with Gasteiger partial charge in [0, 0.05) is 22.9 Å². The summed E-state index contributed by atoms with van der Waals surface area (Å²) in [6.45, 7) is 0. The van der Waals surface area contributed by atoms with Crippen molar-refractivity contribution in [2.45, 2.75) is 0 Å². The molecule has 0 saturated carbocycles. The molecule has 4 nitrogen and oxygen atoms in total. The molecular weight excluding hydrogens is 260 g/mol. The van der Waals surface area contributed by atoms with Crippen LogP contribution in [0.25, 0.3) is 27.5 Å². The minimum Gasteiger partial charge on any atom is -0.384 e. The molecule has 0 aliphatic rings. The van der Waals surface area contributed by atoms with Gasteiger partial charge in [0.2, 0.25) is 5.69 Å². The van der Waals surface area contributed by atoms with Crippen LogP contribution < -0.4 is 10.3 Å². The number of fused-ring (bicyclic) bond motifs is 2. The lowest BCUT2D eigenvalue weighted by atomic mass is 10.2. The molecule has 4 heteroatoms. The van der Waals surface area contributed by atoms with E-state index in [9.17, 15) is 0 Å². The number of hydrogen-bond acceptors (Lipinski definition) is 3. The first-order valence-electron chi connectivity index (χ1n) is 6.72. The Morgan fingerprint density at radius 1 is 0.905 bits per heavy atom. The summed E-state index contributed by atoms with van der Waals surface area (Å²) in [5.74, 6) is 0.487. The number of hydrogen-bond donors (Lipinski definition) is 1. The van der Waals surface area contributed by atoms with Crippen molar-refractivity contribution >= 4 is 27.6 Å². The van der Waals surface area contributed by atoms with Crippen molar-refractivity contribution in [3.05, 3.63) is 67.1 Å². The highest BCUT2D eigenvalue weighted by atomic mass is 15.0. The van der Waals surface area contributed by atoms with Crippen molar-refractivity contribution in [2.75, 3.05) is 5.73 Å². The number of anilines is 1. The standard InChI is InChI=1S/C17H13N4/c18-16-6-5-13-9-15(10-19-17(13)20-16)21-8-7-12-3-1-2-4-14(12)11-21/h1-11H,(H2,18,19,20)/q+1. The molecule has 0 saturated heterocycles. The average Bonchev–Trinajstić information content (AvgIpc) is 2.54. The lowest BCUT2D eigenvalue weighted by Gasteiger charge is -2.01. The van der Waals surface area contributed by atoms with Crippen molar-refractivity contribution in [2.24, 2.45) is 0 Å². The van der Waals surface area contributed by atoms with Crippen molar-refractivity contribution in [1.29, 1.82) is 0 Å². The molecule has 0 spiro atoms. The van der Waals surface area contributed by atoms with Gasteiger partial charge in [0.05, 0.1) is 0 Å². The van der Waals surface area contributed by atoms with Gasteiger partial charge in [0.1, 0.15) is 12.0 Å². The van der Waals surface area contributed by atoms with E-state index in [0.717, 1.165) is 11.1 Å². The highest BCUT2D eigenvalue weighted by molar-refractivity contribution is 5.81. The fourth-order valence-electron chi connectivity index (χ4n) is 2.45. The summed E-state index contributed by atoms with van der Waals surface area (Å²) in [6.07, 6.45) is 5.95. The Bertz CT molecular complexity index is 963. The summed E-state index contributed by atoms with van der Waals surface area (Å²) in [4.78, 5) is 8.60. The zero-order valence-electron chi connectivity index (χ0n) is 11.3. The largest absolute Gasteiger partial charge is 0.384 e. The van der Waals surface area contributed by atoms with Crippen molar-refractivity contribution in [3.8, 4) is 5.69 Å². The quantitative estimate of drug-likeness (QED) is 0.542. The molecule has 0 bridgehead atoms. The summed E-state index contributed by atoms with van der Waals surface area (Å²) in [5, 5.41) is 3.38. The van der Waals surface area contributed by atoms with Gasteiger partial charge < -0.3 is 5.73 Å². The second-order valence-electron chi connectivity index (χ2n) is 4.96.